The lowest BCUT2D eigenvalue weighted by atomic mass is 10.1. The van der Waals surface area contributed by atoms with Gasteiger partial charge in [0.2, 0.25) is 5.55 Å². The van der Waals surface area contributed by atoms with Crippen molar-refractivity contribution in [3.05, 3.63) is 58.1 Å². The zero-order valence-electron chi connectivity index (χ0n) is 17.3. The number of hydrogen-bond acceptors (Lipinski definition) is 6. The fourth-order valence-electron chi connectivity index (χ4n) is 3.47. The van der Waals surface area contributed by atoms with E-state index in [0.29, 0.717) is 34.9 Å². The normalized spacial score (nSPS) is 16.5. The molecule has 1 fully saturated rings. The first-order chi connectivity index (χ1) is 15.1. The summed E-state index contributed by atoms with van der Waals surface area (Å²) in [6.07, 6.45) is 2.00. The molecule has 2 aromatic carbocycles. The Morgan fingerprint density at radius 3 is 2.74 bits per heavy atom. The van der Waals surface area contributed by atoms with Gasteiger partial charge in [0.15, 0.2) is 11.5 Å². The summed E-state index contributed by atoms with van der Waals surface area (Å²) in [7, 11) is 3.13. The molecular formula is C23H23BrN2O5. The lowest BCUT2D eigenvalue weighted by molar-refractivity contribution is 0.0854. The lowest BCUT2D eigenvalue weighted by Gasteiger charge is -2.11. The molecule has 3 aromatic rings. The van der Waals surface area contributed by atoms with Crippen LogP contribution in [-0.4, -0.2) is 39.4 Å². The van der Waals surface area contributed by atoms with E-state index >= 15 is 0 Å². The van der Waals surface area contributed by atoms with E-state index in [1.165, 1.54) is 0 Å². The maximum absolute atomic E-state index is 13.0. The number of fused-ring (bicyclic) bond motifs is 1. The molecule has 1 amide bonds. The van der Waals surface area contributed by atoms with Crippen molar-refractivity contribution < 1.29 is 23.4 Å². The van der Waals surface area contributed by atoms with E-state index in [1.54, 1.807) is 38.5 Å². The van der Waals surface area contributed by atoms with Crippen LogP contribution < -0.4 is 20.3 Å². The molecule has 7 nitrogen and oxygen atoms in total. The van der Waals surface area contributed by atoms with Crippen LogP contribution in [0.25, 0.3) is 11.0 Å². The van der Waals surface area contributed by atoms with Gasteiger partial charge in [-0.1, -0.05) is 15.9 Å². The van der Waals surface area contributed by atoms with Gasteiger partial charge in [-0.05, 0) is 49.2 Å². The minimum atomic E-state index is -0.264. The van der Waals surface area contributed by atoms with Crippen LogP contribution in [0.3, 0.4) is 0 Å². The second-order valence-electron chi connectivity index (χ2n) is 7.14. The minimum absolute atomic E-state index is 0.0433. The van der Waals surface area contributed by atoms with Crippen LogP contribution in [0.15, 0.2) is 56.3 Å². The fourth-order valence-corrected chi connectivity index (χ4v) is 3.84. The molecule has 1 N–H and O–H groups in total. The summed E-state index contributed by atoms with van der Waals surface area (Å²) < 4.78 is 23.2. The highest BCUT2D eigenvalue weighted by Gasteiger charge is 2.19. The standard InChI is InChI=1S/C23H23BrN2O5/c1-28-20-8-6-16(12-21(20)29-2)26-23-18(22(27)25-13-17-4-3-9-30-17)11-14-10-15(24)5-7-19(14)31-23/h5-8,10-12,17H,3-4,9,13H2,1-2H3,(H,25,27)/t17-/m1/s1. The van der Waals surface area contributed by atoms with Gasteiger partial charge in [0.1, 0.15) is 11.1 Å². The first-order valence-corrected chi connectivity index (χ1v) is 10.8. The molecule has 8 heteroatoms. The third kappa shape index (κ3) is 4.91. The van der Waals surface area contributed by atoms with E-state index in [0.717, 1.165) is 29.3 Å². The summed E-state index contributed by atoms with van der Waals surface area (Å²) in [6, 6.07) is 12.7. The van der Waals surface area contributed by atoms with E-state index in [4.69, 9.17) is 18.6 Å². The Kier molecular flexibility index (Phi) is 6.58. The molecule has 0 spiro atoms. The molecule has 4 rings (SSSR count). The number of amides is 1. The van der Waals surface area contributed by atoms with Gasteiger partial charge < -0.3 is 23.9 Å². The van der Waals surface area contributed by atoms with Gasteiger partial charge in [0.05, 0.1) is 26.0 Å². The number of hydrogen-bond donors (Lipinski definition) is 1. The predicted molar refractivity (Wildman–Crippen MR) is 120 cm³/mol. The fraction of sp³-hybridized carbons (Fsp3) is 0.304. The van der Waals surface area contributed by atoms with Crippen LogP contribution in [0.5, 0.6) is 11.5 Å². The van der Waals surface area contributed by atoms with Gasteiger partial charge in [-0.3, -0.25) is 4.79 Å². The number of methoxy groups -OCH3 is 2. The van der Waals surface area contributed by atoms with Gasteiger partial charge in [-0.15, -0.1) is 0 Å². The molecule has 0 saturated carbocycles. The van der Waals surface area contributed by atoms with Crippen LogP contribution in [0, 0.1) is 0 Å². The number of nitrogens with one attached hydrogen (secondary N) is 1. The quantitative estimate of drug-likeness (QED) is 0.559. The molecule has 0 unspecified atom stereocenters. The Morgan fingerprint density at radius 1 is 1.16 bits per heavy atom. The molecule has 1 atom stereocenters. The molecule has 0 radical (unpaired) electrons. The third-order valence-electron chi connectivity index (χ3n) is 5.07. The molecule has 0 bridgehead atoms. The molecule has 0 aliphatic carbocycles. The first-order valence-electron chi connectivity index (χ1n) is 9.97. The summed E-state index contributed by atoms with van der Waals surface area (Å²) >= 11 is 3.46. The maximum atomic E-state index is 13.0. The molecule has 1 aliphatic heterocycles. The summed E-state index contributed by atoms with van der Waals surface area (Å²) in [5.41, 5.74) is 1.76. The number of benzene rings is 2. The lowest BCUT2D eigenvalue weighted by Crippen LogP contribution is -2.34. The second kappa shape index (κ2) is 9.53. The van der Waals surface area contributed by atoms with Crippen molar-refractivity contribution in [1.82, 2.24) is 5.32 Å². The number of nitrogens with zero attached hydrogens (tertiary/aromatic N) is 1. The van der Waals surface area contributed by atoms with Gasteiger partial charge >= 0.3 is 0 Å². The van der Waals surface area contributed by atoms with Crippen LogP contribution in [0.1, 0.15) is 23.2 Å². The molecule has 1 aliphatic rings. The topological polar surface area (TPSA) is 82.3 Å². The number of carbonyl (C=O) groups is 1. The third-order valence-corrected chi connectivity index (χ3v) is 5.56. The van der Waals surface area contributed by atoms with Crippen LogP contribution in [0.4, 0.5) is 5.69 Å². The van der Waals surface area contributed by atoms with Crippen molar-refractivity contribution in [3.8, 4) is 11.5 Å². The van der Waals surface area contributed by atoms with Crippen LogP contribution in [0.2, 0.25) is 0 Å². The Morgan fingerprint density at radius 2 is 2.00 bits per heavy atom. The van der Waals surface area contributed by atoms with Gasteiger partial charge in [0, 0.05) is 29.1 Å². The average Bonchev–Trinajstić information content (AvgIpc) is 3.30. The highest BCUT2D eigenvalue weighted by Crippen LogP contribution is 2.31. The predicted octanol–water partition coefficient (Wildman–Crippen LogP) is 4.35. The highest BCUT2D eigenvalue weighted by molar-refractivity contribution is 9.10. The van der Waals surface area contributed by atoms with E-state index < -0.39 is 0 Å². The van der Waals surface area contributed by atoms with E-state index in [-0.39, 0.29) is 17.6 Å². The van der Waals surface area contributed by atoms with E-state index in [1.807, 2.05) is 18.2 Å². The van der Waals surface area contributed by atoms with Crippen molar-refractivity contribution in [2.75, 3.05) is 27.4 Å². The Balaban J connectivity index is 1.76. The van der Waals surface area contributed by atoms with Crippen LogP contribution >= 0.6 is 15.9 Å². The highest BCUT2D eigenvalue weighted by atomic mass is 79.9. The van der Waals surface area contributed by atoms with E-state index in [9.17, 15) is 4.79 Å². The molecular weight excluding hydrogens is 464 g/mol. The molecule has 162 valence electrons. The minimum Gasteiger partial charge on any atom is -0.493 e. The summed E-state index contributed by atoms with van der Waals surface area (Å²) in [5, 5.41) is 3.74. The Hall–Kier alpha value is -2.84. The summed E-state index contributed by atoms with van der Waals surface area (Å²) in [6.45, 7) is 1.19. The molecule has 31 heavy (non-hydrogen) atoms. The number of carbonyl (C=O) groups excluding carboxylic acids is 1. The molecule has 1 saturated heterocycles. The van der Waals surface area contributed by atoms with Crippen molar-refractivity contribution in [2.24, 2.45) is 4.99 Å². The monoisotopic (exact) mass is 486 g/mol. The average molecular weight is 487 g/mol. The maximum Gasteiger partial charge on any atom is 0.256 e. The van der Waals surface area contributed by atoms with Gasteiger partial charge in [0.25, 0.3) is 5.91 Å². The molecule has 2 heterocycles. The zero-order valence-corrected chi connectivity index (χ0v) is 18.9. The first kappa shape index (κ1) is 21.4. The van der Waals surface area contributed by atoms with Crippen molar-refractivity contribution >= 4 is 38.5 Å². The Labute approximate surface area is 188 Å². The van der Waals surface area contributed by atoms with Crippen molar-refractivity contribution in [2.45, 2.75) is 18.9 Å². The summed E-state index contributed by atoms with van der Waals surface area (Å²) in [4.78, 5) is 17.6. The number of rotatable bonds is 6. The van der Waals surface area contributed by atoms with Crippen molar-refractivity contribution in [1.29, 1.82) is 0 Å². The van der Waals surface area contributed by atoms with Crippen molar-refractivity contribution in [3.63, 3.8) is 0 Å². The number of ether oxygens (including phenoxy) is 3. The van der Waals surface area contributed by atoms with Gasteiger partial charge in [-0.2, -0.15) is 0 Å². The second-order valence-corrected chi connectivity index (χ2v) is 8.06. The van der Waals surface area contributed by atoms with E-state index in [2.05, 4.69) is 26.2 Å². The summed E-state index contributed by atoms with van der Waals surface area (Å²) in [5.74, 6) is 0.870. The Bertz CT molecular complexity index is 1170. The van der Waals surface area contributed by atoms with Gasteiger partial charge in [-0.25, -0.2) is 4.99 Å². The zero-order chi connectivity index (χ0) is 21.8. The smallest absolute Gasteiger partial charge is 0.256 e. The molecule has 1 aromatic heterocycles. The SMILES string of the molecule is COc1ccc(N=c2oc3ccc(Br)cc3cc2C(=O)NC[C@H]2CCCO2)cc1OC. The van der Waals surface area contributed by atoms with Crippen LogP contribution in [-0.2, 0) is 4.74 Å². The number of halogens is 1. The largest absolute Gasteiger partial charge is 0.493 e.